The molecule has 6 nitrogen and oxygen atoms in total. The van der Waals surface area contributed by atoms with Crippen LogP contribution in [0.1, 0.15) is 64.7 Å². The van der Waals surface area contributed by atoms with Crippen LogP contribution in [0.25, 0.3) is 0 Å². The fourth-order valence-corrected chi connectivity index (χ4v) is 5.37. The van der Waals surface area contributed by atoms with E-state index in [4.69, 9.17) is 5.73 Å². The summed E-state index contributed by atoms with van der Waals surface area (Å²) in [7, 11) is 0. The predicted octanol–water partition coefficient (Wildman–Crippen LogP) is 4.44. The number of carbonyl (C=O) groups excluding carboxylic acids is 2. The molecule has 1 saturated heterocycles. The molecule has 1 fully saturated rings. The molecule has 5 rings (SSSR count). The molecule has 0 radical (unpaired) electrons. The van der Waals surface area contributed by atoms with Gasteiger partial charge in [0.2, 0.25) is 5.91 Å². The number of nitrogens with zero attached hydrogens (tertiary/aromatic N) is 2. The maximum Gasteiger partial charge on any atom is 0.255 e. The Morgan fingerprint density at radius 3 is 2.53 bits per heavy atom. The highest BCUT2D eigenvalue weighted by molar-refractivity contribution is 6.04. The van der Waals surface area contributed by atoms with E-state index in [9.17, 15) is 9.59 Å². The van der Waals surface area contributed by atoms with Gasteiger partial charge >= 0.3 is 0 Å². The lowest BCUT2D eigenvalue weighted by Crippen LogP contribution is -2.44. The molecular formula is C28H30N4O2. The number of fused-ring (bicyclic) bond motifs is 1. The first-order valence-corrected chi connectivity index (χ1v) is 12.1. The van der Waals surface area contributed by atoms with Gasteiger partial charge in [0.25, 0.3) is 5.91 Å². The zero-order valence-electron chi connectivity index (χ0n) is 19.2. The van der Waals surface area contributed by atoms with Crippen molar-refractivity contribution in [3.8, 4) is 0 Å². The second-order valence-corrected chi connectivity index (χ2v) is 9.22. The number of anilines is 1. The predicted molar refractivity (Wildman–Crippen MR) is 132 cm³/mol. The normalized spacial score (nSPS) is 20.4. The molecule has 3 aromatic rings. The van der Waals surface area contributed by atoms with Crippen molar-refractivity contribution in [1.82, 2.24) is 9.88 Å². The molecule has 0 saturated carbocycles. The van der Waals surface area contributed by atoms with Crippen LogP contribution in [0.15, 0.2) is 73.1 Å². The number of aryl methyl sites for hydroxylation is 1. The fraction of sp³-hybridized carbons (Fsp3) is 0.321. The lowest BCUT2D eigenvalue weighted by molar-refractivity contribution is -0.134. The zero-order valence-corrected chi connectivity index (χ0v) is 19.2. The van der Waals surface area contributed by atoms with E-state index in [-0.39, 0.29) is 29.8 Å². The molecule has 6 heteroatoms. The Kier molecular flexibility index (Phi) is 6.41. The number of likely N-dealkylation sites (tertiary alicyclic amines) is 1. The van der Waals surface area contributed by atoms with Gasteiger partial charge in [0, 0.05) is 30.2 Å². The second-order valence-electron chi connectivity index (χ2n) is 9.22. The number of aromatic nitrogens is 1. The van der Waals surface area contributed by atoms with E-state index in [1.807, 2.05) is 23.1 Å². The quantitative estimate of drug-likeness (QED) is 0.596. The van der Waals surface area contributed by atoms with Crippen LogP contribution in [0.2, 0.25) is 0 Å². The number of nitrogens with two attached hydrogens (primary N) is 1. The summed E-state index contributed by atoms with van der Waals surface area (Å²) in [5.41, 5.74) is 11.4. The minimum Gasteiger partial charge on any atom is -0.337 e. The summed E-state index contributed by atoms with van der Waals surface area (Å²) in [6.45, 7) is 0.752. The summed E-state index contributed by atoms with van der Waals surface area (Å²) in [5.74, 6) is -0.0459. The number of amides is 2. The average Bonchev–Trinajstić information content (AvgIpc) is 3.38. The van der Waals surface area contributed by atoms with Crippen molar-refractivity contribution in [1.29, 1.82) is 0 Å². The Labute approximate surface area is 200 Å². The summed E-state index contributed by atoms with van der Waals surface area (Å²) in [6.07, 6.45) is 8.12. The average molecular weight is 455 g/mol. The molecule has 0 spiro atoms. The largest absolute Gasteiger partial charge is 0.337 e. The number of benzene rings is 2. The molecule has 1 unspecified atom stereocenters. The van der Waals surface area contributed by atoms with Crippen LogP contribution < -0.4 is 11.1 Å². The van der Waals surface area contributed by atoms with Gasteiger partial charge < -0.3 is 16.0 Å². The molecular weight excluding hydrogens is 424 g/mol. The highest BCUT2D eigenvalue weighted by atomic mass is 16.2. The molecule has 2 aromatic carbocycles. The highest BCUT2D eigenvalue weighted by Crippen LogP contribution is 2.36. The van der Waals surface area contributed by atoms with Crippen molar-refractivity contribution in [2.45, 2.75) is 50.1 Å². The molecule has 2 amide bonds. The molecule has 2 aliphatic rings. The molecule has 34 heavy (non-hydrogen) atoms. The van der Waals surface area contributed by atoms with Gasteiger partial charge in [0.1, 0.15) is 0 Å². The monoisotopic (exact) mass is 454 g/mol. The third kappa shape index (κ3) is 4.46. The number of carbonyl (C=O) groups is 2. The lowest BCUT2D eigenvalue weighted by Gasteiger charge is -2.34. The van der Waals surface area contributed by atoms with Gasteiger partial charge in [0.05, 0.1) is 18.0 Å². The van der Waals surface area contributed by atoms with Gasteiger partial charge in [-0.2, -0.15) is 0 Å². The van der Waals surface area contributed by atoms with E-state index < -0.39 is 0 Å². The Morgan fingerprint density at radius 1 is 0.971 bits per heavy atom. The molecule has 3 atom stereocenters. The Bertz CT molecular complexity index is 1160. The number of pyridine rings is 1. The highest BCUT2D eigenvalue weighted by Gasteiger charge is 2.38. The number of hydrogen-bond acceptors (Lipinski definition) is 4. The topological polar surface area (TPSA) is 88.3 Å². The van der Waals surface area contributed by atoms with Crippen molar-refractivity contribution in [2.24, 2.45) is 5.73 Å². The summed E-state index contributed by atoms with van der Waals surface area (Å²) in [6, 6.07) is 18.9. The number of rotatable bonds is 5. The number of nitrogens with one attached hydrogen (secondary N) is 1. The minimum absolute atomic E-state index is 0.0296. The van der Waals surface area contributed by atoms with Crippen molar-refractivity contribution in [2.75, 3.05) is 11.9 Å². The first kappa shape index (κ1) is 22.3. The van der Waals surface area contributed by atoms with E-state index in [1.54, 1.807) is 36.7 Å². The van der Waals surface area contributed by atoms with Gasteiger partial charge in [-0.15, -0.1) is 0 Å². The minimum atomic E-state index is -0.289. The van der Waals surface area contributed by atoms with Crippen LogP contribution in [-0.4, -0.2) is 34.3 Å². The third-order valence-corrected chi connectivity index (χ3v) is 7.16. The molecule has 174 valence electrons. The second kappa shape index (κ2) is 9.77. The van der Waals surface area contributed by atoms with Gasteiger partial charge in [-0.05, 0) is 73.1 Å². The summed E-state index contributed by atoms with van der Waals surface area (Å²) in [5, 5.41) is 2.87. The van der Waals surface area contributed by atoms with Crippen LogP contribution in [0.3, 0.4) is 0 Å². The van der Waals surface area contributed by atoms with Crippen molar-refractivity contribution in [3.63, 3.8) is 0 Å². The van der Waals surface area contributed by atoms with E-state index in [2.05, 4.69) is 28.5 Å². The van der Waals surface area contributed by atoms with Crippen LogP contribution in [0.5, 0.6) is 0 Å². The molecule has 3 N–H and O–H groups in total. The van der Waals surface area contributed by atoms with Crippen LogP contribution in [0.4, 0.5) is 5.69 Å². The van der Waals surface area contributed by atoms with Gasteiger partial charge in [-0.1, -0.05) is 36.4 Å². The standard InChI is InChI=1S/C28H30N4O2/c29-26(20-10-12-21(13-11-20)27(33)31-22-14-16-30-17-15-22)25-9-4-18-32(25)28(34)24-8-3-6-19-5-1-2-7-23(19)24/h1-2,5,7,10-17,24-26H,3-4,6,8-9,18,29H2,(H,30,31,33)/t24-,25?,26+/m1/s1. The fourth-order valence-electron chi connectivity index (χ4n) is 5.37. The van der Waals surface area contributed by atoms with Crippen molar-refractivity contribution in [3.05, 3.63) is 95.3 Å². The Hall–Kier alpha value is -3.51. The molecule has 1 aliphatic heterocycles. The van der Waals surface area contributed by atoms with Crippen molar-refractivity contribution >= 4 is 17.5 Å². The van der Waals surface area contributed by atoms with E-state index in [0.29, 0.717) is 11.3 Å². The van der Waals surface area contributed by atoms with Crippen LogP contribution >= 0.6 is 0 Å². The molecule has 1 aromatic heterocycles. The molecule has 2 heterocycles. The smallest absolute Gasteiger partial charge is 0.255 e. The summed E-state index contributed by atoms with van der Waals surface area (Å²) < 4.78 is 0. The summed E-state index contributed by atoms with van der Waals surface area (Å²) in [4.78, 5) is 32.2. The Balaban J connectivity index is 1.29. The third-order valence-electron chi connectivity index (χ3n) is 7.16. The van der Waals surface area contributed by atoms with E-state index in [0.717, 1.165) is 44.2 Å². The zero-order chi connectivity index (χ0) is 23.5. The van der Waals surface area contributed by atoms with Crippen LogP contribution in [-0.2, 0) is 11.2 Å². The summed E-state index contributed by atoms with van der Waals surface area (Å²) >= 11 is 0. The SMILES string of the molecule is N[C@@H](c1ccc(C(=O)Nc2ccncc2)cc1)C1CCCN1C(=O)[C@@H]1CCCc2ccccc21. The van der Waals surface area contributed by atoms with Gasteiger partial charge in [-0.3, -0.25) is 14.6 Å². The molecule has 1 aliphatic carbocycles. The van der Waals surface area contributed by atoms with Gasteiger partial charge in [0.15, 0.2) is 0 Å². The number of hydrogen-bond donors (Lipinski definition) is 2. The first-order valence-electron chi connectivity index (χ1n) is 12.1. The van der Waals surface area contributed by atoms with Crippen LogP contribution in [0, 0.1) is 0 Å². The van der Waals surface area contributed by atoms with E-state index in [1.165, 1.54) is 11.1 Å². The van der Waals surface area contributed by atoms with Crippen molar-refractivity contribution < 1.29 is 9.59 Å². The van der Waals surface area contributed by atoms with E-state index >= 15 is 0 Å². The maximum atomic E-state index is 13.6. The maximum absolute atomic E-state index is 13.6. The lowest BCUT2D eigenvalue weighted by atomic mass is 9.82. The first-order chi connectivity index (χ1) is 16.6. The Morgan fingerprint density at radius 2 is 1.74 bits per heavy atom. The molecule has 0 bridgehead atoms. The van der Waals surface area contributed by atoms with Gasteiger partial charge in [-0.25, -0.2) is 0 Å².